The SMILES string of the molecule is CCCCOc1cccc(-n2cc(C(=O)N(CC)c3cc(F)cc(F)c3)c(=O)c3ccc(OCCCCCCC[N+]45CCC(CC4)CC5)cc32)c1. The van der Waals surface area contributed by atoms with E-state index in [0.29, 0.717) is 41.3 Å². The number of fused-ring (bicyclic) bond motifs is 4. The van der Waals surface area contributed by atoms with E-state index in [9.17, 15) is 18.4 Å². The fourth-order valence-corrected chi connectivity index (χ4v) is 7.85. The van der Waals surface area contributed by atoms with E-state index in [1.807, 2.05) is 30.3 Å². The quantitative estimate of drug-likeness (QED) is 0.0815. The highest BCUT2D eigenvalue weighted by Crippen LogP contribution is 2.34. The second-order valence-corrected chi connectivity index (χ2v) is 14.4. The summed E-state index contributed by atoms with van der Waals surface area (Å²) in [6.07, 6.45) is 13.5. The van der Waals surface area contributed by atoms with Gasteiger partial charge in [0.15, 0.2) is 0 Å². The molecule has 0 saturated carbocycles. The highest BCUT2D eigenvalue weighted by atomic mass is 19.1. The number of anilines is 1. The van der Waals surface area contributed by atoms with Crippen LogP contribution in [0.3, 0.4) is 0 Å². The Hall–Kier alpha value is -4.24. The zero-order chi connectivity index (χ0) is 35.8. The average Bonchev–Trinajstić information content (AvgIpc) is 3.14. The molecule has 272 valence electrons. The molecule has 0 N–H and O–H groups in total. The van der Waals surface area contributed by atoms with Crippen molar-refractivity contribution in [1.29, 1.82) is 0 Å². The predicted octanol–water partition coefficient (Wildman–Crippen LogP) is 9.07. The molecule has 3 fully saturated rings. The summed E-state index contributed by atoms with van der Waals surface area (Å²) in [7, 11) is 0. The van der Waals surface area contributed by atoms with Crippen LogP contribution in [0.5, 0.6) is 11.5 Å². The highest BCUT2D eigenvalue weighted by Gasteiger charge is 2.38. The van der Waals surface area contributed by atoms with Crippen molar-refractivity contribution in [3.05, 3.63) is 94.3 Å². The molecule has 0 aliphatic carbocycles. The third-order valence-electron chi connectivity index (χ3n) is 10.9. The molecule has 3 aliphatic rings. The van der Waals surface area contributed by atoms with Crippen LogP contribution in [-0.2, 0) is 0 Å². The van der Waals surface area contributed by atoms with Crippen LogP contribution in [0.4, 0.5) is 14.5 Å². The number of aromatic nitrogens is 1. The van der Waals surface area contributed by atoms with Gasteiger partial charge in [0.25, 0.3) is 5.91 Å². The summed E-state index contributed by atoms with van der Waals surface area (Å²) in [5.41, 5.74) is 0.724. The minimum absolute atomic E-state index is 0.0381. The number of hydrogen-bond donors (Lipinski definition) is 0. The van der Waals surface area contributed by atoms with Crippen molar-refractivity contribution in [3.8, 4) is 17.2 Å². The molecule has 51 heavy (non-hydrogen) atoms. The van der Waals surface area contributed by atoms with E-state index in [-0.39, 0.29) is 17.8 Å². The number of unbranched alkanes of at least 4 members (excludes halogenated alkanes) is 5. The first-order valence-electron chi connectivity index (χ1n) is 19.0. The Kier molecular flexibility index (Phi) is 12.1. The number of pyridine rings is 1. The highest BCUT2D eigenvalue weighted by molar-refractivity contribution is 6.07. The number of hydrogen-bond acceptors (Lipinski definition) is 4. The zero-order valence-electron chi connectivity index (χ0n) is 30.2. The van der Waals surface area contributed by atoms with Crippen molar-refractivity contribution >= 4 is 22.5 Å². The van der Waals surface area contributed by atoms with Crippen LogP contribution in [0.2, 0.25) is 0 Å². The lowest BCUT2D eigenvalue weighted by atomic mass is 9.85. The van der Waals surface area contributed by atoms with E-state index >= 15 is 0 Å². The summed E-state index contributed by atoms with van der Waals surface area (Å²) in [5.74, 6) is 0.0485. The molecule has 1 amide bonds. The first-order valence-corrected chi connectivity index (χ1v) is 19.0. The van der Waals surface area contributed by atoms with Crippen molar-refractivity contribution in [3.63, 3.8) is 0 Å². The van der Waals surface area contributed by atoms with Crippen molar-refractivity contribution in [2.45, 2.75) is 78.1 Å². The van der Waals surface area contributed by atoms with E-state index in [1.165, 1.54) is 80.3 Å². The van der Waals surface area contributed by atoms with Gasteiger partial charge in [-0.15, -0.1) is 0 Å². The standard InChI is InChI=1S/C42H52F2N3O4/c1-3-5-23-50-36-13-11-12-34(28-36)46-30-39(42(49)45(4-2)35-26-32(43)25-33(44)27-35)41(48)38-15-14-37(29-40(38)46)51-24-10-8-6-7-9-19-47-20-16-31(17-21-47)18-22-47/h11-15,25-31H,3-10,16-24H2,1-2H3/q+1. The molecule has 3 aromatic carbocycles. The number of benzene rings is 3. The van der Waals surface area contributed by atoms with Gasteiger partial charge in [-0.25, -0.2) is 8.78 Å². The van der Waals surface area contributed by atoms with Gasteiger partial charge in [0.05, 0.1) is 44.9 Å². The molecule has 0 atom stereocenters. The first kappa shape index (κ1) is 36.5. The molecule has 2 bridgehead atoms. The van der Waals surface area contributed by atoms with Crippen LogP contribution < -0.4 is 19.8 Å². The van der Waals surface area contributed by atoms with Gasteiger partial charge >= 0.3 is 0 Å². The van der Waals surface area contributed by atoms with Gasteiger partial charge in [-0.2, -0.15) is 0 Å². The molecule has 0 spiro atoms. The van der Waals surface area contributed by atoms with Gasteiger partial charge in [0.2, 0.25) is 5.43 Å². The molecular weight excluding hydrogens is 648 g/mol. The zero-order valence-corrected chi connectivity index (χ0v) is 30.2. The molecule has 3 aliphatic heterocycles. The monoisotopic (exact) mass is 700 g/mol. The van der Waals surface area contributed by atoms with E-state index in [0.717, 1.165) is 49.8 Å². The topological polar surface area (TPSA) is 60.8 Å². The maximum Gasteiger partial charge on any atom is 0.263 e. The molecular formula is C42H52F2N3O4+. The van der Waals surface area contributed by atoms with Crippen molar-refractivity contribution < 1.29 is 27.5 Å². The number of ether oxygens (including phenoxy) is 2. The average molecular weight is 701 g/mol. The Morgan fingerprint density at radius 2 is 1.49 bits per heavy atom. The Labute approximate surface area is 300 Å². The lowest BCUT2D eigenvalue weighted by Gasteiger charge is -2.49. The number of amides is 1. The molecule has 9 heteroatoms. The van der Waals surface area contributed by atoms with Gasteiger partial charge in [0, 0.05) is 47.7 Å². The summed E-state index contributed by atoms with van der Waals surface area (Å²) >= 11 is 0. The largest absolute Gasteiger partial charge is 0.494 e. The predicted molar refractivity (Wildman–Crippen MR) is 199 cm³/mol. The third-order valence-corrected chi connectivity index (χ3v) is 10.9. The Balaban J connectivity index is 1.19. The number of nitrogens with zero attached hydrogens (tertiary/aromatic N) is 3. The van der Waals surface area contributed by atoms with Crippen LogP contribution in [0.25, 0.3) is 16.6 Å². The molecule has 4 heterocycles. The molecule has 7 nitrogen and oxygen atoms in total. The third kappa shape index (κ3) is 8.80. The molecule has 1 aromatic heterocycles. The smallest absolute Gasteiger partial charge is 0.263 e. The number of halogens is 2. The van der Waals surface area contributed by atoms with Crippen molar-refractivity contribution in [1.82, 2.24) is 4.57 Å². The van der Waals surface area contributed by atoms with Gasteiger partial charge in [-0.05, 0) is 94.2 Å². The van der Waals surface area contributed by atoms with Crippen LogP contribution in [-0.4, -0.2) is 60.9 Å². The van der Waals surface area contributed by atoms with Crippen LogP contribution in [0.1, 0.15) is 88.4 Å². The van der Waals surface area contributed by atoms with Gasteiger partial charge in [-0.3, -0.25) is 9.59 Å². The number of carbonyl (C=O) groups excluding carboxylic acids is 1. The number of piperidine rings is 3. The first-order chi connectivity index (χ1) is 24.8. The summed E-state index contributed by atoms with van der Waals surface area (Å²) in [6, 6.07) is 15.7. The summed E-state index contributed by atoms with van der Waals surface area (Å²) in [5, 5.41) is 0.330. The molecule has 0 unspecified atom stereocenters. The van der Waals surface area contributed by atoms with Crippen LogP contribution in [0.15, 0.2) is 71.7 Å². The Bertz CT molecular complexity index is 1830. The maximum atomic E-state index is 14.2. The lowest BCUT2D eigenvalue weighted by molar-refractivity contribution is -0.942. The molecule has 7 rings (SSSR count). The summed E-state index contributed by atoms with van der Waals surface area (Å²) < 4.78 is 43.6. The van der Waals surface area contributed by atoms with E-state index < -0.39 is 23.0 Å². The Morgan fingerprint density at radius 1 is 0.824 bits per heavy atom. The number of quaternary nitrogens is 1. The molecule has 0 radical (unpaired) electrons. The summed E-state index contributed by atoms with van der Waals surface area (Å²) in [6.45, 7) is 10.6. The van der Waals surface area contributed by atoms with Crippen LogP contribution >= 0.6 is 0 Å². The fraction of sp³-hybridized carbons (Fsp3) is 0.476. The van der Waals surface area contributed by atoms with Gasteiger partial charge in [-0.1, -0.05) is 32.3 Å². The maximum absolute atomic E-state index is 14.2. The Morgan fingerprint density at radius 3 is 2.20 bits per heavy atom. The summed E-state index contributed by atoms with van der Waals surface area (Å²) in [4.78, 5) is 29.1. The van der Waals surface area contributed by atoms with Gasteiger partial charge < -0.3 is 23.4 Å². The normalized spacial score (nSPS) is 18.2. The minimum Gasteiger partial charge on any atom is -0.494 e. The molecule has 3 saturated heterocycles. The van der Waals surface area contributed by atoms with Gasteiger partial charge in [0.1, 0.15) is 28.7 Å². The second-order valence-electron chi connectivity index (χ2n) is 14.4. The fourth-order valence-electron chi connectivity index (χ4n) is 7.85. The van der Waals surface area contributed by atoms with Crippen molar-refractivity contribution in [2.24, 2.45) is 5.92 Å². The van der Waals surface area contributed by atoms with E-state index in [1.54, 1.807) is 23.6 Å². The minimum atomic E-state index is -0.806. The molecule has 4 aromatic rings. The van der Waals surface area contributed by atoms with E-state index in [4.69, 9.17) is 9.47 Å². The second kappa shape index (κ2) is 16.9. The van der Waals surface area contributed by atoms with Crippen LogP contribution in [0, 0.1) is 17.6 Å². The number of carbonyl (C=O) groups is 1. The number of rotatable bonds is 17. The van der Waals surface area contributed by atoms with Crippen molar-refractivity contribution in [2.75, 3.05) is 50.8 Å². The lowest BCUT2D eigenvalue weighted by Crippen LogP contribution is -2.58. The van der Waals surface area contributed by atoms with E-state index in [2.05, 4.69) is 6.92 Å².